The van der Waals surface area contributed by atoms with Crippen LogP contribution in [0.3, 0.4) is 0 Å². The molecule has 0 fully saturated rings. The monoisotopic (exact) mass is 361 g/mol. The molecule has 0 saturated heterocycles. The van der Waals surface area contributed by atoms with E-state index in [0.717, 1.165) is 33.8 Å². The van der Waals surface area contributed by atoms with E-state index in [1.807, 2.05) is 30.7 Å². The Balaban J connectivity index is 1.78. The van der Waals surface area contributed by atoms with Crippen LogP contribution in [0.15, 0.2) is 36.9 Å². The molecule has 1 aromatic heterocycles. The first-order valence-corrected chi connectivity index (χ1v) is 6.86. The molecule has 1 heterocycles. The number of hydrogen-bond donors (Lipinski definition) is 1. The standard InChI is InChI=1S/C12H13ClIN3/c13-11-8-10(14)2-3-12(11)16-4-1-6-17-7-5-15-9-17/h2-3,5,7-9,16H,1,4,6H2. The van der Waals surface area contributed by atoms with E-state index in [1.54, 1.807) is 6.20 Å². The zero-order chi connectivity index (χ0) is 12.1. The van der Waals surface area contributed by atoms with E-state index in [2.05, 4.69) is 37.5 Å². The Labute approximate surface area is 119 Å². The molecule has 0 saturated carbocycles. The lowest BCUT2D eigenvalue weighted by molar-refractivity contribution is 0.661. The Morgan fingerprint density at radius 1 is 1.41 bits per heavy atom. The quantitative estimate of drug-likeness (QED) is 0.651. The van der Waals surface area contributed by atoms with Crippen molar-refractivity contribution in [3.05, 3.63) is 45.5 Å². The van der Waals surface area contributed by atoms with Gasteiger partial charge >= 0.3 is 0 Å². The molecule has 0 atom stereocenters. The summed E-state index contributed by atoms with van der Waals surface area (Å²) in [6, 6.07) is 6.02. The van der Waals surface area contributed by atoms with Crippen LogP contribution in [0.4, 0.5) is 5.69 Å². The van der Waals surface area contributed by atoms with Crippen LogP contribution in [0.1, 0.15) is 6.42 Å². The van der Waals surface area contributed by atoms with Gasteiger partial charge < -0.3 is 9.88 Å². The summed E-state index contributed by atoms with van der Waals surface area (Å²) in [5, 5.41) is 4.11. The predicted molar refractivity (Wildman–Crippen MR) is 79.5 cm³/mol. The van der Waals surface area contributed by atoms with Crippen LogP contribution < -0.4 is 5.32 Å². The van der Waals surface area contributed by atoms with Crippen LogP contribution >= 0.6 is 34.2 Å². The molecule has 0 aliphatic heterocycles. The number of nitrogens with one attached hydrogen (secondary N) is 1. The summed E-state index contributed by atoms with van der Waals surface area (Å²) >= 11 is 8.38. The van der Waals surface area contributed by atoms with Gasteiger partial charge in [-0.15, -0.1) is 0 Å². The third-order valence-corrected chi connectivity index (χ3v) is 3.38. The van der Waals surface area contributed by atoms with Crippen LogP contribution in [-0.4, -0.2) is 16.1 Å². The van der Waals surface area contributed by atoms with Crippen LogP contribution in [0, 0.1) is 3.57 Å². The van der Waals surface area contributed by atoms with Gasteiger partial charge in [-0.1, -0.05) is 11.6 Å². The highest BCUT2D eigenvalue weighted by molar-refractivity contribution is 14.1. The molecule has 0 spiro atoms. The van der Waals surface area contributed by atoms with Crippen molar-refractivity contribution in [3.63, 3.8) is 0 Å². The molecule has 90 valence electrons. The second kappa shape index (κ2) is 6.26. The van der Waals surface area contributed by atoms with Crippen molar-refractivity contribution < 1.29 is 0 Å². The number of rotatable bonds is 5. The second-order valence-corrected chi connectivity index (χ2v) is 5.36. The zero-order valence-corrected chi connectivity index (χ0v) is 12.1. The smallest absolute Gasteiger partial charge is 0.0945 e. The molecular formula is C12H13ClIN3. The molecule has 2 aromatic rings. The number of benzene rings is 1. The Hall–Kier alpha value is -0.750. The van der Waals surface area contributed by atoms with Gasteiger partial charge in [0.2, 0.25) is 0 Å². The summed E-state index contributed by atoms with van der Waals surface area (Å²) in [4.78, 5) is 4.00. The minimum atomic E-state index is 0.777. The maximum absolute atomic E-state index is 6.13. The van der Waals surface area contributed by atoms with Crippen LogP contribution in [0.25, 0.3) is 0 Å². The van der Waals surface area contributed by atoms with E-state index < -0.39 is 0 Å². The van der Waals surface area contributed by atoms with Gasteiger partial charge in [0.1, 0.15) is 0 Å². The Bertz CT molecular complexity index is 471. The minimum absolute atomic E-state index is 0.777. The molecule has 0 unspecified atom stereocenters. The highest BCUT2D eigenvalue weighted by atomic mass is 127. The number of anilines is 1. The second-order valence-electron chi connectivity index (χ2n) is 3.71. The molecule has 0 radical (unpaired) electrons. The molecule has 0 bridgehead atoms. The highest BCUT2D eigenvalue weighted by Crippen LogP contribution is 2.23. The SMILES string of the molecule is Clc1cc(I)ccc1NCCCn1ccnc1. The summed E-state index contributed by atoms with van der Waals surface area (Å²) in [6.45, 7) is 1.87. The number of aryl methyl sites for hydroxylation is 1. The van der Waals surface area contributed by atoms with Gasteiger partial charge in [0.25, 0.3) is 0 Å². The van der Waals surface area contributed by atoms with Gasteiger partial charge in [-0.2, -0.15) is 0 Å². The fraction of sp³-hybridized carbons (Fsp3) is 0.250. The number of aromatic nitrogens is 2. The van der Waals surface area contributed by atoms with Gasteiger partial charge in [-0.25, -0.2) is 4.98 Å². The average molecular weight is 362 g/mol. The van der Waals surface area contributed by atoms with E-state index in [4.69, 9.17) is 11.6 Å². The summed E-state index contributed by atoms with van der Waals surface area (Å²) in [5.41, 5.74) is 0.998. The molecule has 0 amide bonds. The van der Waals surface area contributed by atoms with Gasteiger partial charge in [0.05, 0.1) is 17.0 Å². The summed E-state index contributed by atoms with van der Waals surface area (Å²) in [6.07, 6.45) is 6.64. The number of nitrogens with zero attached hydrogens (tertiary/aromatic N) is 2. The first kappa shape index (κ1) is 12.7. The molecule has 1 N–H and O–H groups in total. The summed E-state index contributed by atoms with van der Waals surface area (Å²) in [5.74, 6) is 0. The lowest BCUT2D eigenvalue weighted by Crippen LogP contribution is -2.06. The normalized spacial score (nSPS) is 10.5. The predicted octanol–water partition coefficient (Wildman–Crippen LogP) is 3.64. The maximum atomic E-state index is 6.13. The molecule has 1 aromatic carbocycles. The highest BCUT2D eigenvalue weighted by Gasteiger charge is 1.99. The van der Waals surface area contributed by atoms with Crippen molar-refractivity contribution in [1.29, 1.82) is 0 Å². The van der Waals surface area contributed by atoms with E-state index in [-0.39, 0.29) is 0 Å². The van der Waals surface area contributed by atoms with Crippen molar-refractivity contribution in [2.75, 3.05) is 11.9 Å². The number of imidazole rings is 1. The first-order valence-electron chi connectivity index (χ1n) is 5.40. The molecule has 3 nitrogen and oxygen atoms in total. The lowest BCUT2D eigenvalue weighted by atomic mass is 10.3. The van der Waals surface area contributed by atoms with Gasteiger partial charge in [0.15, 0.2) is 0 Å². The lowest BCUT2D eigenvalue weighted by Gasteiger charge is -2.08. The fourth-order valence-corrected chi connectivity index (χ4v) is 2.46. The largest absolute Gasteiger partial charge is 0.384 e. The van der Waals surface area contributed by atoms with Crippen LogP contribution in [0.2, 0.25) is 5.02 Å². The van der Waals surface area contributed by atoms with E-state index >= 15 is 0 Å². The summed E-state index contributed by atoms with van der Waals surface area (Å²) in [7, 11) is 0. The minimum Gasteiger partial charge on any atom is -0.384 e. The average Bonchev–Trinajstić information content (AvgIpc) is 2.79. The fourth-order valence-electron chi connectivity index (χ4n) is 1.54. The van der Waals surface area contributed by atoms with E-state index in [9.17, 15) is 0 Å². The van der Waals surface area contributed by atoms with Crippen LogP contribution in [0.5, 0.6) is 0 Å². The third-order valence-electron chi connectivity index (χ3n) is 2.40. The first-order chi connectivity index (χ1) is 8.25. The zero-order valence-electron chi connectivity index (χ0n) is 9.24. The molecule has 5 heteroatoms. The number of halogens is 2. The van der Waals surface area contributed by atoms with Crippen molar-refractivity contribution in [2.45, 2.75) is 13.0 Å². The van der Waals surface area contributed by atoms with Gasteiger partial charge in [0, 0.05) is 29.1 Å². The molecule has 17 heavy (non-hydrogen) atoms. The number of hydrogen-bond acceptors (Lipinski definition) is 2. The Morgan fingerprint density at radius 2 is 2.29 bits per heavy atom. The van der Waals surface area contributed by atoms with Gasteiger partial charge in [-0.05, 0) is 47.2 Å². The molecule has 0 aliphatic carbocycles. The van der Waals surface area contributed by atoms with Crippen molar-refractivity contribution in [3.8, 4) is 0 Å². The maximum Gasteiger partial charge on any atom is 0.0945 e. The molecule has 0 aliphatic rings. The Kier molecular flexibility index (Phi) is 4.67. The Morgan fingerprint density at radius 3 is 3.00 bits per heavy atom. The topological polar surface area (TPSA) is 29.9 Å². The van der Waals surface area contributed by atoms with E-state index in [1.165, 1.54) is 0 Å². The molecular weight excluding hydrogens is 349 g/mol. The summed E-state index contributed by atoms with van der Waals surface area (Å²) < 4.78 is 3.22. The van der Waals surface area contributed by atoms with Crippen molar-refractivity contribution in [2.24, 2.45) is 0 Å². The molecule has 2 rings (SSSR count). The van der Waals surface area contributed by atoms with Crippen molar-refractivity contribution >= 4 is 39.9 Å². The third kappa shape index (κ3) is 3.89. The van der Waals surface area contributed by atoms with Gasteiger partial charge in [-0.3, -0.25) is 0 Å². The van der Waals surface area contributed by atoms with Crippen LogP contribution in [-0.2, 0) is 6.54 Å². The van der Waals surface area contributed by atoms with Crippen molar-refractivity contribution in [1.82, 2.24) is 9.55 Å². The van der Waals surface area contributed by atoms with E-state index in [0.29, 0.717) is 0 Å².